The van der Waals surface area contributed by atoms with E-state index in [1.807, 2.05) is 0 Å². The van der Waals surface area contributed by atoms with E-state index in [1.54, 1.807) is 4.31 Å². The van der Waals surface area contributed by atoms with Crippen LogP contribution in [0.15, 0.2) is 0 Å². The van der Waals surface area contributed by atoms with Gasteiger partial charge >= 0.3 is 0 Å². The zero-order chi connectivity index (χ0) is 10.5. The minimum atomic E-state index is -3.04. The van der Waals surface area contributed by atoms with Gasteiger partial charge in [-0.2, -0.15) is 4.31 Å². The molecule has 0 spiro atoms. The Balaban J connectivity index is 1.76. The Morgan fingerprint density at radius 2 is 1.73 bits per heavy atom. The lowest BCUT2D eigenvalue weighted by molar-refractivity contribution is 0.198. The molecular weight excluding hydrogens is 214 g/mol. The molecule has 0 aromatic heterocycles. The molecular formula is C10H17NO3S. The first kappa shape index (κ1) is 10.1. The molecule has 4 nitrogen and oxygen atoms in total. The molecule has 86 valence electrons. The van der Waals surface area contributed by atoms with Crippen molar-refractivity contribution in [1.29, 1.82) is 0 Å². The van der Waals surface area contributed by atoms with Crippen molar-refractivity contribution in [3.05, 3.63) is 0 Å². The van der Waals surface area contributed by atoms with Crippen LogP contribution < -0.4 is 0 Å². The van der Waals surface area contributed by atoms with Gasteiger partial charge in [-0.1, -0.05) is 12.8 Å². The van der Waals surface area contributed by atoms with Crippen LogP contribution in [0.5, 0.6) is 0 Å². The maximum Gasteiger partial charge on any atom is 0.219 e. The van der Waals surface area contributed by atoms with E-state index in [9.17, 15) is 8.42 Å². The minimum absolute atomic E-state index is 0.261. The molecule has 3 fully saturated rings. The van der Waals surface area contributed by atoms with Gasteiger partial charge in [-0.05, 0) is 19.3 Å². The normalized spacial score (nSPS) is 45.1. The Labute approximate surface area is 90.6 Å². The first-order valence-electron chi connectivity index (χ1n) is 5.81. The molecule has 0 bridgehead atoms. The fourth-order valence-electron chi connectivity index (χ4n) is 2.95. The quantitative estimate of drug-likeness (QED) is 0.658. The van der Waals surface area contributed by atoms with Gasteiger partial charge in [-0.15, -0.1) is 0 Å². The second-order valence-corrected chi connectivity index (χ2v) is 6.90. The summed E-state index contributed by atoms with van der Waals surface area (Å²) in [7, 11) is -3.04. The molecule has 3 aliphatic rings. The highest BCUT2D eigenvalue weighted by Crippen LogP contribution is 2.44. The predicted octanol–water partition coefficient (Wildman–Crippen LogP) is 0.732. The van der Waals surface area contributed by atoms with Crippen molar-refractivity contribution in [2.75, 3.05) is 13.2 Å². The van der Waals surface area contributed by atoms with Gasteiger partial charge in [0.05, 0.1) is 6.61 Å². The fourth-order valence-corrected chi connectivity index (χ4v) is 5.15. The Kier molecular flexibility index (Phi) is 2.30. The molecule has 2 heterocycles. The van der Waals surface area contributed by atoms with Crippen LogP contribution in [0, 0.1) is 0 Å². The lowest BCUT2D eigenvalue weighted by Gasteiger charge is -2.11. The largest absolute Gasteiger partial charge is 0.380 e. The number of rotatable bonds is 2. The Morgan fingerprint density at radius 1 is 1.07 bits per heavy atom. The second kappa shape index (κ2) is 3.43. The number of sulfonamides is 1. The molecule has 5 heteroatoms. The van der Waals surface area contributed by atoms with Crippen LogP contribution in [0.3, 0.4) is 0 Å². The third kappa shape index (κ3) is 1.52. The summed E-state index contributed by atoms with van der Waals surface area (Å²) in [6.07, 6.45) is 5.19. The van der Waals surface area contributed by atoms with Gasteiger partial charge < -0.3 is 4.74 Å². The summed E-state index contributed by atoms with van der Waals surface area (Å²) in [6, 6.07) is 0.675. The van der Waals surface area contributed by atoms with Crippen molar-refractivity contribution in [3.63, 3.8) is 0 Å². The Hall–Kier alpha value is -0.130. The second-order valence-electron chi connectivity index (χ2n) is 4.78. The molecule has 1 aliphatic carbocycles. The molecule has 1 saturated carbocycles. The molecule has 0 radical (unpaired) electrons. The van der Waals surface area contributed by atoms with Crippen molar-refractivity contribution in [1.82, 2.24) is 4.31 Å². The first-order chi connectivity index (χ1) is 7.21. The summed E-state index contributed by atoms with van der Waals surface area (Å²) in [4.78, 5) is 0. The Bertz CT molecular complexity index is 336. The van der Waals surface area contributed by atoms with E-state index >= 15 is 0 Å². The SMILES string of the molecule is O=S(=O)([C@@H]1CCOC1)N1[C@@H]2CCCC[C@@H]21. The van der Waals surface area contributed by atoms with Crippen molar-refractivity contribution in [3.8, 4) is 0 Å². The number of fused-ring (bicyclic) bond motifs is 1. The highest BCUT2D eigenvalue weighted by Gasteiger charge is 2.57. The smallest absolute Gasteiger partial charge is 0.219 e. The average molecular weight is 231 g/mol. The molecule has 0 amide bonds. The molecule has 3 rings (SSSR count). The molecule has 1 unspecified atom stereocenters. The van der Waals surface area contributed by atoms with E-state index in [4.69, 9.17) is 4.74 Å². The van der Waals surface area contributed by atoms with E-state index in [1.165, 1.54) is 12.8 Å². The van der Waals surface area contributed by atoms with Crippen LogP contribution in [0.2, 0.25) is 0 Å². The number of ether oxygens (including phenoxy) is 1. The summed E-state index contributed by atoms with van der Waals surface area (Å²) >= 11 is 0. The maximum atomic E-state index is 12.2. The fraction of sp³-hybridized carbons (Fsp3) is 1.00. The third-order valence-electron chi connectivity index (χ3n) is 3.86. The van der Waals surface area contributed by atoms with Crippen molar-refractivity contribution in [2.45, 2.75) is 49.4 Å². The van der Waals surface area contributed by atoms with Crippen LogP contribution >= 0.6 is 0 Å². The van der Waals surface area contributed by atoms with Gasteiger partial charge in [0.2, 0.25) is 10.0 Å². The molecule has 2 saturated heterocycles. The molecule has 0 N–H and O–H groups in total. The summed E-state index contributed by atoms with van der Waals surface area (Å²) in [6.45, 7) is 1.01. The summed E-state index contributed by atoms with van der Waals surface area (Å²) in [5, 5.41) is -0.261. The van der Waals surface area contributed by atoms with Crippen LogP contribution in [-0.2, 0) is 14.8 Å². The van der Waals surface area contributed by atoms with E-state index in [0.717, 1.165) is 12.8 Å². The first-order valence-corrected chi connectivity index (χ1v) is 7.31. The van der Waals surface area contributed by atoms with Crippen LogP contribution in [0.25, 0.3) is 0 Å². The molecule has 15 heavy (non-hydrogen) atoms. The highest BCUT2D eigenvalue weighted by molar-refractivity contribution is 7.90. The topological polar surface area (TPSA) is 46.4 Å². The van der Waals surface area contributed by atoms with Gasteiger partial charge in [-0.3, -0.25) is 0 Å². The number of hydrogen-bond acceptors (Lipinski definition) is 3. The van der Waals surface area contributed by atoms with E-state index < -0.39 is 10.0 Å². The highest BCUT2D eigenvalue weighted by atomic mass is 32.2. The lowest BCUT2D eigenvalue weighted by Crippen LogP contribution is -2.29. The van der Waals surface area contributed by atoms with Gasteiger partial charge in [0.25, 0.3) is 0 Å². The van der Waals surface area contributed by atoms with Crippen molar-refractivity contribution < 1.29 is 13.2 Å². The summed E-state index contributed by atoms with van der Waals surface area (Å²) < 4.78 is 31.3. The van der Waals surface area contributed by atoms with Crippen LogP contribution in [0.4, 0.5) is 0 Å². The number of nitrogens with zero attached hydrogens (tertiary/aromatic N) is 1. The van der Waals surface area contributed by atoms with Gasteiger partial charge in [0.1, 0.15) is 5.25 Å². The lowest BCUT2D eigenvalue weighted by atomic mass is 10.0. The number of hydrogen-bond donors (Lipinski definition) is 0. The van der Waals surface area contributed by atoms with E-state index in [2.05, 4.69) is 0 Å². The third-order valence-corrected chi connectivity index (χ3v) is 6.20. The summed E-state index contributed by atoms with van der Waals surface area (Å²) in [5.74, 6) is 0. The minimum Gasteiger partial charge on any atom is -0.380 e. The van der Waals surface area contributed by atoms with E-state index in [-0.39, 0.29) is 5.25 Å². The van der Waals surface area contributed by atoms with Crippen LogP contribution in [-0.4, -0.2) is 43.3 Å². The van der Waals surface area contributed by atoms with E-state index in [0.29, 0.717) is 31.7 Å². The van der Waals surface area contributed by atoms with Gasteiger partial charge in [0, 0.05) is 18.7 Å². The predicted molar refractivity (Wildman–Crippen MR) is 56.0 cm³/mol. The summed E-state index contributed by atoms with van der Waals surface area (Å²) in [5.41, 5.74) is 0. The zero-order valence-electron chi connectivity index (χ0n) is 8.76. The van der Waals surface area contributed by atoms with Gasteiger partial charge in [-0.25, -0.2) is 8.42 Å². The zero-order valence-corrected chi connectivity index (χ0v) is 9.58. The molecule has 0 aromatic rings. The standard InChI is InChI=1S/C10H17NO3S/c12-15(13,8-5-6-14-7-8)11-9-3-1-2-4-10(9)11/h8-10H,1-7H2/t8-,9-,10+,11?/m1/s1. The average Bonchev–Trinajstić information content (AvgIpc) is 2.71. The van der Waals surface area contributed by atoms with Crippen LogP contribution in [0.1, 0.15) is 32.1 Å². The van der Waals surface area contributed by atoms with Crippen molar-refractivity contribution >= 4 is 10.0 Å². The Morgan fingerprint density at radius 3 is 2.27 bits per heavy atom. The monoisotopic (exact) mass is 231 g/mol. The molecule has 4 atom stereocenters. The van der Waals surface area contributed by atoms with Crippen molar-refractivity contribution in [2.24, 2.45) is 0 Å². The van der Waals surface area contributed by atoms with Gasteiger partial charge in [0.15, 0.2) is 0 Å². The maximum absolute atomic E-state index is 12.2. The molecule has 0 aromatic carbocycles. The molecule has 2 aliphatic heterocycles.